The van der Waals surface area contributed by atoms with Gasteiger partial charge in [-0.2, -0.15) is 0 Å². The first-order valence-corrected chi connectivity index (χ1v) is 30.8. The molecule has 1 atom stereocenters. The van der Waals surface area contributed by atoms with Gasteiger partial charge >= 0.3 is 17.9 Å². The van der Waals surface area contributed by atoms with Crippen molar-refractivity contribution in [3.8, 4) is 0 Å². The van der Waals surface area contributed by atoms with Crippen molar-refractivity contribution >= 4 is 17.9 Å². The van der Waals surface area contributed by atoms with Crippen molar-refractivity contribution in [1.29, 1.82) is 0 Å². The Balaban J connectivity index is 4.22. The predicted molar refractivity (Wildman–Crippen MR) is 329 cm³/mol. The van der Waals surface area contributed by atoms with Crippen LogP contribution in [0.25, 0.3) is 0 Å². The Morgan fingerprint density at radius 1 is 0.276 bits per heavy atom. The van der Waals surface area contributed by atoms with Crippen LogP contribution in [0, 0.1) is 0 Å². The average Bonchev–Trinajstić information content (AvgIpc) is 3.42. The van der Waals surface area contributed by atoms with Crippen LogP contribution in [0.1, 0.15) is 258 Å². The number of rotatable bonds is 54. The summed E-state index contributed by atoms with van der Waals surface area (Å²) in [4.78, 5) is 38.1. The minimum Gasteiger partial charge on any atom is -0.462 e. The van der Waals surface area contributed by atoms with E-state index in [1.54, 1.807) is 0 Å². The minimum absolute atomic E-state index is 0.0936. The number of unbranched alkanes of at least 4 members (excludes halogenated alkanes) is 19. The summed E-state index contributed by atoms with van der Waals surface area (Å²) in [6, 6.07) is 0. The van der Waals surface area contributed by atoms with E-state index in [0.29, 0.717) is 19.3 Å². The van der Waals surface area contributed by atoms with E-state index in [4.69, 9.17) is 14.2 Å². The van der Waals surface area contributed by atoms with Gasteiger partial charge in [0.15, 0.2) is 6.10 Å². The topological polar surface area (TPSA) is 78.9 Å². The number of esters is 3. The maximum absolute atomic E-state index is 12.8. The van der Waals surface area contributed by atoms with Gasteiger partial charge in [0.25, 0.3) is 0 Å². The first kappa shape index (κ1) is 71.3. The molecule has 0 saturated carbocycles. The second kappa shape index (κ2) is 62.8. The Morgan fingerprint density at radius 2 is 0.513 bits per heavy atom. The van der Waals surface area contributed by atoms with Gasteiger partial charge < -0.3 is 14.2 Å². The fourth-order valence-corrected chi connectivity index (χ4v) is 8.04. The molecule has 0 heterocycles. The quantitative estimate of drug-likeness (QED) is 0.0261. The van der Waals surface area contributed by atoms with Gasteiger partial charge in [-0.05, 0) is 122 Å². The lowest BCUT2D eigenvalue weighted by molar-refractivity contribution is -0.167. The molecule has 0 spiro atoms. The molecular formula is C70H112O6. The average molecular weight is 1050 g/mol. The molecule has 0 amide bonds. The lowest BCUT2D eigenvalue weighted by Crippen LogP contribution is -2.30. The summed E-state index contributed by atoms with van der Waals surface area (Å²) < 4.78 is 16.8. The van der Waals surface area contributed by atoms with E-state index >= 15 is 0 Å². The van der Waals surface area contributed by atoms with Crippen molar-refractivity contribution < 1.29 is 28.6 Å². The third kappa shape index (κ3) is 60.2. The van der Waals surface area contributed by atoms with Gasteiger partial charge in [-0.15, -0.1) is 0 Å². The molecule has 428 valence electrons. The molecule has 6 nitrogen and oxygen atoms in total. The van der Waals surface area contributed by atoms with Gasteiger partial charge in [-0.1, -0.05) is 263 Å². The summed E-state index contributed by atoms with van der Waals surface area (Å²) in [6.45, 7) is 6.35. The number of hydrogen-bond acceptors (Lipinski definition) is 6. The monoisotopic (exact) mass is 1050 g/mol. The third-order valence-corrected chi connectivity index (χ3v) is 12.6. The Morgan fingerprint density at radius 3 is 0.803 bits per heavy atom. The first-order chi connectivity index (χ1) is 37.5. The van der Waals surface area contributed by atoms with Crippen LogP contribution in [-0.2, 0) is 28.6 Å². The molecular weight excluding hydrogens is 937 g/mol. The molecule has 76 heavy (non-hydrogen) atoms. The van der Waals surface area contributed by atoms with Crippen LogP contribution < -0.4 is 0 Å². The van der Waals surface area contributed by atoms with Gasteiger partial charge in [0.2, 0.25) is 0 Å². The lowest BCUT2D eigenvalue weighted by atomic mass is 10.1. The van der Waals surface area contributed by atoms with Crippen molar-refractivity contribution in [3.05, 3.63) is 146 Å². The van der Waals surface area contributed by atoms with E-state index in [2.05, 4.69) is 167 Å². The smallest absolute Gasteiger partial charge is 0.306 e. The Labute approximate surface area is 467 Å². The van der Waals surface area contributed by atoms with E-state index < -0.39 is 6.10 Å². The molecule has 6 heteroatoms. The normalized spacial score (nSPS) is 13.1. The maximum atomic E-state index is 12.8. The number of carbonyl (C=O) groups excluding carboxylic acids is 3. The van der Waals surface area contributed by atoms with Crippen molar-refractivity contribution in [1.82, 2.24) is 0 Å². The summed E-state index contributed by atoms with van der Waals surface area (Å²) in [6.07, 6.45) is 90.1. The Kier molecular flexibility index (Phi) is 58.9. The molecule has 0 bridgehead atoms. The van der Waals surface area contributed by atoms with Crippen LogP contribution in [0.3, 0.4) is 0 Å². The largest absolute Gasteiger partial charge is 0.462 e. The van der Waals surface area contributed by atoms with E-state index in [1.807, 2.05) is 0 Å². The first-order valence-electron chi connectivity index (χ1n) is 30.8. The summed E-state index contributed by atoms with van der Waals surface area (Å²) in [5.74, 6) is -0.934. The fourth-order valence-electron chi connectivity index (χ4n) is 8.04. The van der Waals surface area contributed by atoms with Crippen LogP contribution in [-0.4, -0.2) is 37.2 Å². The molecule has 0 rings (SSSR count). The highest BCUT2D eigenvalue weighted by Crippen LogP contribution is 2.14. The van der Waals surface area contributed by atoms with Crippen LogP contribution in [0.2, 0.25) is 0 Å². The molecule has 0 aliphatic rings. The van der Waals surface area contributed by atoms with Gasteiger partial charge in [-0.25, -0.2) is 0 Å². The number of hydrogen-bond donors (Lipinski definition) is 0. The zero-order valence-corrected chi connectivity index (χ0v) is 49.0. The number of allylic oxidation sites excluding steroid dienone is 24. The highest BCUT2D eigenvalue weighted by Gasteiger charge is 2.19. The third-order valence-electron chi connectivity index (χ3n) is 12.6. The second-order valence-corrected chi connectivity index (χ2v) is 19.9. The molecule has 1 unspecified atom stereocenters. The van der Waals surface area contributed by atoms with Crippen LogP contribution >= 0.6 is 0 Å². The number of ether oxygens (including phenoxy) is 3. The molecule has 0 aliphatic heterocycles. The highest BCUT2D eigenvalue weighted by atomic mass is 16.6. The summed E-state index contributed by atoms with van der Waals surface area (Å²) in [5.41, 5.74) is 0. The summed E-state index contributed by atoms with van der Waals surface area (Å²) >= 11 is 0. The molecule has 0 saturated heterocycles. The lowest BCUT2D eigenvalue weighted by Gasteiger charge is -2.18. The SMILES string of the molecule is CC/C=C\C/C=C\C/C=C\C/C=C\C/C=C\C/C=C\C/C=C\C/C=C\CCCCCCCCCCC(=O)OCC(COC(=O)CCCCCCCCCC)OC(=O)CCCCCC/C=C\C/C=C\C/C=C\C/C=C\CC. The van der Waals surface area contributed by atoms with Gasteiger partial charge in [0, 0.05) is 19.3 Å². The molecule has 0 N–H and O–H groups in total. The van der Waals surface area contributed by atoms with Crippen molar-refractivity contribution in [2.24, 2.45) is 0 Å². The molecule has 0 radical (unpaired) electrons. The van der Waals surface area contributed by atoms with Gasteiger partial charge in [-0.3, -0.25) is 14.4 Å². The standard InChI is InChI=1S/C70H112O6/c1-4-7-10-13-16-19-21-23-25-27-28-29-30-31-32-33-34-35-36-37-38-39-40-41-42-44-45-47-49-51-54-57-60-63-69(72)75-66-67(65-74-68(71)62-59-56-53-18-15-12-9-6-3)76-70(73)64-61-58-55-52-50-48-46-43-26-24-22-20-17-14-11-8-5-2/h7-8,10-11,16-17,19-20,23-26,28-29,31-32,34-35,37-38,40-41,46,48,67H,4-6,9,12-15,18,21-22,27,30,33,36,39,42-45,47,49-66H2,1-3H3/b10-7-,11-8-,19-16-,20-17-,25-23-,26-24-,29-28-,32-31-,35-34-,38-37-,41-40-,48-46-. The van der Waals surface area contributed by atoms with Gasteiger partial charge in [0.1, 0.15) is 13.2 Å². The van der Waals surface area contributed by atoms with Crippen molar-refractivity contribution in [2.75, 3.05) is 13.2 Å². The Bertz CT molecular complexity index is 1680. The zero-order chi connectivity index (χ0) is 55.0. The predicted octanol–water partition coefficient (Wildman–Crippen LogP) is 21.2. The highest BCUT2D eigenvalue weighted by molar-refractivity contribution is 5.71. The fraction of sp³-hybridized carbons (Fsp3) is 0.614. The molecule has 0 fully saturated rings. The van der Waals surface area contributed by atoms with Crippen molar-refractivity contribution in [2.45, 2.75) is 264 Å². The molecule has 0 aliphatic carbocycles. The molecule has 0 aromatic carbocycles. The van der Waals surface area contributed by atoms with Crippen LogP contribution in [0.15, 0.2) is 146 Å². The van der Waals surface area contributed by atoms with E-state index in [-0.39, 0.29) is 31.1 Å². The summed E-state index contributed by atoms with van der Waals surface area (Å²) in [5, 5.41) is 0. The van der Waals surface area contributed by atoms with E-state index in [9.17, 15) is 14.4 Å². The Hall–Kier alpha value is -4.71. The van der Waals surface area contributed by atoms with Crippen molar-refractivity contribution in [3.63, 3.8) is 0 Å². The molecule has 0 aromatic heterocycles. The van der Waals surface area contributed by atoms with Crippen LogP contribution in [0.4, 0.5) is 0 Å². The van der Waals surface area contributed by atoms with E-state index in [1.165, 1.54) is 64.2 Å². The van der Waals surface area contributed by atoms with E-state index in [0.717, 1.165) is 154 Å². The maximum Gasteiger partial charge on any atom is 0.306 e. The zero-order valence-electron chi connectivity index (χ0n) is 49.0. The molecule has 0 aromatic rings. The summed E-state index contributed by atoms with van der Waals surface area (Å²) in [7, 11) is 0. The minimum atomic E-state index is -0.797. The van der Waals surface area contributed by atoms with Crippen LogP contribution in [0.5, 0.6) is 0 Å². The second-order valence-electron chi connectivity index (χ2n) is 19.9. The number of carbonyl (C=O) groups is 3. The van der Waals surface area contributed by atoms with Gasteiger partial charge in [0.05, 0.1) is 0 Å².